The first-order valence-electron chi connectivity index (χ1n) is 6.51. The molecule has 0 fully saturated rings. The first kappa shape index (κ1) is 14.3. The van der Waals surface area contributed by atoms with Gasteiger partial charge in [-0.15, -0.1) is 0 Å². The third-order valence-corrected chi connectivity index (χ3v) is 3.46. The van der Waals surface area contributed by atoms with Crippen LogP contribution in [0.2, 0.25) is 0 Å². The minimum atomic E-state index is -0.545. The fourth-order valence-electron chi connectivity index (χ4n) is 2.15. The van der Waals surface area contributed by atoms with E-state index in [1.807, 2.05) is 37.3 Å². The monoisotopic (exact) mass is 274 g/mol. The van der Waals surface area contributed by atoms with Gasteiger partial charge in [0.25, 0.3) is 5.91 Å². The van der Waals surface area contributed by atoms with Crippen molar-refractivity contribution in [2.45, 2.75) is 18.9 Å². The van der Waals surface area contributed by atoms with E-state index in [1.54, 1.807) is 7.11 Å². The number of nitrogens with one attached hydrogen (secondary N) is 1. The van der Waals surface area contributed by atoms with Crippen molar-refractivity contribution in [3.8, 4) is 0 Å². The summed E-state index contributed by atoms with van der Waals surface area (Å²) in [6, 6.07) is 11.4. The van der Waals surface area contributed by atoms with E-state index in [1.165, 1.54) is 12.3 Å². The molecule has 1 heterocycles. The topological polar surface area (TPSA) is 64.4 Å². The summed E-state index contributed by atoms with van der Waals surface area (Å²) in [5.74, 6) is -0.104. The molecule has 1 unspecified atom stereocenters. The number of carbonyl (C=O) groups is 1. The Hall–Kier alpha value is -2.14. The molecule has 0 radical (unpaired) electrons. The second-order valence-corrected chi connectivity index (χ2v) is 4.48. The van der Waals surface area contributed by atoms with Gasteiger partial charge in [-0.3, -0.25) is 4.79 Å². The summed E-state index contributed by atoms with van der Waals surface area (Å²) in [5.41, 5.74) is 0.486. The largest absolute Gasteiger partial charge is 0.372 e. The van der Waals surface area contributed by atoms with Crippen molar-refractivity contribution in [3.63, 3.8) is 0 Å². The van der Waals surface area contributed by atoms with Crippen LogP contribution in [-0.4, -0.2) is 24.7 Å². The van der Waals surface area contributed by atoms with E-state index < -0.39 is 5.60 Å². The highest BCUT2D eigenvalue weighted by atomic mass is 16.5. The molecule has 0 bridgehead atoms. The molecule has 1 amide bonds. The van der Waals surface area contributed by atoms with Crippen LogP contribution in [0, 0.1) is 0 Å². The Morgan fingerprint density at radius 1 is 1.35 bits per heavy atom. The van der Waals surface area contributed by atoms with Crippen molar-refractivity contribution >= 4 is 5.91 Å². The minimum absolute atomic E-state index is 0.194. The maximum atomic E-state index is 11.9. The van der Waals surface area contributed by atoms with Crippen molar-refractivity contribution in [2.24, 2.45) is 0 Å². The Balaban J connectivity index is 2.12. The molecule has 0 saturated heterocycles. The highest BCUT2D eigenvalue weighted by molar-refractivity contribution is 5.91. The third kappa shape index (κ3) is 2.88. The van der Waals surface area contributed by atoms with Gasteiger partial charge in [0.2, 0.25) is 5.76 Å². The molecule has 1 aromatic heterocycles. The van der Waals surface area contributed by atoms with Gasteiger partial charge in [0.15, 0.2) is 0 Å². The van der Waals surface area contributed by atoms with Crippen LogP contribution in [0.5, 0.6) is 0 Å². The lowest BCUT2D eigenvalue weighted by Gasteiger charge is -2.32. The van der Waals surface area contributed by atoms with Crippen molar-refractivity contribution in [1.29, 1.82) is 0 Å². The zero-order valence-electron chi connectivity index (χ0n) is 11.6. The molecule has 1 N–H and O–H groups in total. The first-order chi connectivity index (χ1) is 9.72. The Bertz CT molecular complexity index is 534. The van der Waals surface area contributed by atoms with Gasteiger partial charge >= 0.3 is 0 Å². The van der Waals surface area contributed by atoms with Gasteiger partial charge in [0.05, 0.1) is 12.7 Å². The van der Waals surface area contributed by atoms with Crippen molar-refractivity contribution in [3.05, 3.63) is 53.9 Å². The number of hydrogen-bond acceptors (Lipinski definition) is 4. The predicted molar refractivity (Wildman–Crippen MR) is 74.3 cm³/mol. The van der Waals surface area contributed by atoms with E-state index in [9.17, 15) is 4.79 Å². The number of carbonyl (C=O) groups excluding carboxylic acids is 1. The van der Waals surface area contributed by atoms with Gasteiger partial charge in [0, 0.05) is 13.2 Å². The van der Waals surface area contributed by atoms with Gasteiger partial charge in [-0.25, -0.2) is 0 Å². The van der Waals surface area contributed by atoms with Gasteiger partial charge in [0.1, 0.15) is 5.60 Å². The summed E-state index contributed by atoms with van der Waals surface area (Å²) in [6.45, 7) is 2.39. The van der Waals surface area contributed by atoms with Crippen LogP contribution >= 0.6 is 0 Å². The quantitative estimate of drug-likeness (QED) is 0.878. The van der Waals surface area contributed by atoms with Crippen molar-refractivity contribution in [2.75, 3.05) is 13.7 Å². The highest BCUT2D eigenvalue weighted by Crippen LogP contribution is 2.28. The second kappa shape index (κ2) is 6.34. The lowest BCUT2D eigenvalue weighted by molar-refractivity contribution is -0.0166. The fraction of sp³-hybridized carbons (Fsp3) is 0.333. The first-order valence-corrected chi connectivity index (χ1v) is 6.51. The van der Waals surface area contributed by atoms with Crippen LogP contribution < -0.4 is 5.32 Å². The maximum absolute atomic E-state index is 11.9. The lowest BCUT2D eigenvalue weighted by atomic mass is 9.90. The molecule has 5 heteroatoms. The standard InChI is InChI=1S/C15H18N2O3/c1-3-15(19-2,12-7-5-4-6-8-12)11-16-14(18)13-9-10-17-20-13/h4-10H,3,11H2,1-2H3,(H,16,18). The number of methoxy groups -OCH3 is 1. The molecule has 5 nitrogen and oxygen atoms in total. The molecule has 0 aliphatic rings. The molecule has 20 heavy (non-hydrogen) atoms. The molecule has 0 spiro atoms. The molecule has 2 aromatic rings. The van der Waals surface area contributed by atoms with E-state index >= 15 is 0 Å². The molecular weight excluding hydrogens is 256 g/mol. The number of rotatable bonds is 6. The zero-order chi connectivity index (χ0) is 14.4. The maximum Gasteiger partial charge on any atom is 0.290 e. The summed E-state index contributed by atoms with van der Waals surface area (Å²) in [7, 11) is 1.65. The number of ether oxygens (including phenoxy) is 1. The van der Waals surface area contributed by atoms with E-state index in [2.05, 4.69) is 10.5 Å². The highest BCUT2D eigenvalue weighted by Gasteiger charge is 2.31. The SMILES string of the molecule is CCC(CNC(=O)c1ccno1)(OC)c1ccccc1. The number of benzene rings is 1. The molecule has 0 saturated carbocycles. The normalized spacial score (nSPS) is 13.7. The molecule has 0 aliphatic carbocycles. The number of amides is 1. The predicted octanol–water partition coefficient (Wildman–Crippen LogP) is 2.36. The van der Waals surface area contributed by atoms with Crippen LogP contribution in [0.4, 0.5) is 0 Å². The molecular formula is C15H18N2O3. The van der Waals surface area contributed by atoms with E-state index in [0.717, 1.165) is 12.0 Å². The number of hydrogen-bond donors (Lipinski definition) is 1. The fourth-order valence-corrected chi connectivity index (χ4v) is 2.15. The van der Waals surface area contributed by atoms with Crippen molar-refractivity contribution < 1.29 is 14.1 Å². The lowest BCUT2D eigenvalue weighted by Crippen LogP contribution is -2.41. The van der Waals surface area contributed by atoms with Crippen LogP contribution in [-0.2, 0) is 10.3 Å². The van der Waals surface area contributed by atoms with Crippen LogP contribution in [0.3, 0.4) is 0 Å². The van der Waals surface area contributed by atoms with Crippen molar-refractivity contribution in [1.82, 2.24) is 10.5 Å². The van der Waals surface area contributed by atoms with Gasteiger partial charge in [-0.2, -0.15) is 0 Å². The zero-order valence-corrected chi connectivity index (χ0v) is 11.6. The van der Waals surface area contributed by atoms with Gasteiger partial charge < -0.3 is 14.6 Å². The van der Waals surface area contributed by atoms with Gasteiger partial charge in [-0.1, -0.05) is 42.4 Å². The Labute approximate surface area is 117 Å². The average molecular weight is 274 g/mol. The summed E-state index contributed by atoms with van der Waals surface area (Å²) in [5, 5.41) is 6.35. The summed E-state index contributed by atoms with van der Waals surface area (Å²) < 4.78 is 10.5. The van der Waals surface area contributed by atoms with Crippen LogP contribution in [0.15, 0.2) is 47.1 Å². The number of nitrogens with zero attached hydrogens (tertiary/aromatic N) is 1. The van der Waals surface area contributed by atoms with Gasteiger partial charge in [-0.05, 0) is 12.0 Å². The Kier molecular flexibility index (Phi) is 4.53. The summed E-state index contributed by atoms with van der Waals surface area (Å²) >= 11 is 0. The Morgan fingerprint density at radius 3 is 2.65 bits per heavy atom. The van der Waals surface area contributed by atoms with E-state index in [0.29, 0.717) is 6.54 Å². The molecule has 0 aliphatic heterocycles. The van der Waals surface area contributed by atoms with E-state index in [-0.39, 0.29) is 11.7 Å². The third-order valence-electron chi connectivity index (χ3n) is 3.46. The van der Waals surface area contributed by atoms with E-state index in [4.69, 9.17) is 9.26 Å². The average Bonchev–Trinajstić information content (AvgIpc) is 3.04. The summed E-state index contributed by atoms with van der Waals surface area (Å²) in [6.07, 6.45) is 2.18. The van der Waals surface area contributed by atoms with Crippen LogP contribution in [0.1, 0.15) is 29.5 Å². The molecule has 2 rings (SSSR count). The minimum Gasteiger partial charge on any atom is -0.372 e. The molecule has 106 valence electrons. The molecule has 1 aromatic carbocycles. The number of aromatic nitrogens is 1. The summed E-state index contributed by atoms with van der Waals surface area (Å²) in [4.78, 5) is 11.9. The Morgan fingerprint density at radius 2 is 2.10 bits per heavy atom. The molecule has 1 atom stereocenters. The smallest absolute Gasteiger partial charge is 0.290 e. The van der Waals surface area contributed by atoms with Crippen LogP contribution in [0.25, 0.3) is 0 Å². The second-order valence-electron chi connectivity index (χ2n) is 4.48.